The molecule has 23 heavy (non-hydrogen) atoms. The number of hydrogen-bond acceptors (Lipinski definition) is 3. The number of benzene rings is 1. The van der Waals surface area contributed by atoms with Crippen molar-refractivity contribution in [3.63, 3.8) is 0 Å². The van der Waals surface area contributed by atoms with Crippen LogP contribution in [0.5, 0.6) is 0 Å². The van der Waals surface area contributed by atoms with Crippen molar-refractivity contribution >= 4 is 5.91 Å². The number of aliphatic hydroxyl groups excluding tert-OH is 1. The Balaban J connectivity index is 1.55. The summed E-state index contributed by atoms with van der Waals surface area (Å²) >= 11 is 0. The third-order valence-electron chi connectivity index (χ3n) is 3.80. The standard InChI is InChI=1S/C18H17FN2O2/c19-14-3-1-2-12(8-14)4-5-13-6-7-17(20-11-13)18(23)21-15-9-16(22)10-15/h1-3,6-8,11,15-17,20,22H,9-10H2,(H,21,23). The van der Waals surface area contributed by atoms with Crippen molar-refractivity contribution in [3.05, 3.63) is 59.6 Å². The Morgan fingerprint density at radius 3 is 2.83 bits per heavy atom. The van der Waals surface area contributed by atoms with Crippen LogP contribution in [0.25, 0.3) is 0 Å². The monoisotopic (exact) mass is 312 g/mol. The van der Waals surface area contributed by atoms with Crippen molar-refractivity contribution in [3.8, 4) is 11.8 Å². The van der Waals surface area contributed by atoms with E-state index in [-0.39, 0.29) is 23.9 Å². The van der Waals surface area contributed by atoms with Gasteiger partial charge in [-0.1, -0.05) is 24.0 Å². The summed E-state index contributed by atoms with van der Waals surface area (Å²) in [6.45, 7) is 0. The summed E-state index contributed by atoms with van der Waals surface area (Å²) < 4.78 is 13.1. The van der Waals surface area contributed by atoms with E-state index >= 15 is 0 Å². The maximum atomic E-state index is 13.1. The molecule has 0 aromatic heterocycles. The van der Waals surface area contributed by atoms with Crippen LogP contribution in [0.15, 0.2) is 48.2 Å². The maximum absolute atomic E-state index is 13.1. The zero-order chi connectivity index (χ0) is 16.2. The van der Waals surface area contributed by atoms with Gasteiger partial charge in [-0.2, -0.15) is 0 Å². The Hall–Kier alpha value is -2.58. The van der Waals surface area contributed by atoms with E-state index in [0.29, 0.717) is 18.4 Å². The van der Waals surface area contributed by atoms with Crippen molar-refractivity contribution in [2.24, 2.45) is 0 Å². The lowest BCUT2D eigenvalue weighted by molar-refractivity contribution is -0.123. The van der Waals surface area contributed by atoms with Gasteiger partial charge in [-0.15, -0.1) is 0 Å². The Labute approximate surface area is 134 Å². The Morgan fingerprint density at radius 1 is 1.35 bits per heavy atom. The van der Waals surface area contributed by atoms with Gasteiger partial charge < -0.3 is 15.7 Å². The third-order valence-corrected chi connectivity index (χ3v) is 3.80. The lowest BCUT2D eigenvalue weighted by Crippen LogP contribution is -2.52. The van der Waals surface area contributed by atoms with Gasteiger partial charge in [-0.3, -0.25) is 4.79 Å². The van der Waals surface area contributed by atoms with Crippen molar-refractivity contribution < 1.29 is 14.3 Å². The van der Waals surface area contributed by atoms with Gasteiger partial charge in [0.1, 0.15) is 11.9 Å². The number of rotatable bonds is 2. The lowest BCUT2D eigenvalue weighted by Gasteiger charge is -2.33. The van der Waals surface area contributed by atoms with Gasteiger partial charge in [-0.05, 0) is 37.1 Å². The topological polar surface area (TPSA) is 61.4 Å². The number of amides is 1. The first kappa shape index (κ1) is 15.3. The second-order valence-electron chi connectivity index (χ2n) is 5.69. The number of aliphatic hydroxyl groups is 1. The molecule has 1 aromatic rings. The first-order valence-corrected chi connectivity index (χ1v) is 7.50. The summed E-state index contributed by atoms with van der Waals surface area (Å²) in [6.07, 6.45) is 6.11. The van der Waals surface area contributed by atoms with Crippen molar-refractivity contribution in [1.29, 1.82) is 0 Å². The molecule has 1 aliphatic carbocycles. The van der Waals surface area contributed by atoms with Crippen LogP contribution in [-0.4, -0.2) is 29.2 Å². The SMILES string of the molecule is O=C(NC1CC(O)C1)C1C=CC(C#Cc2cccc(F)c2)=CN1. The fraction of sp³-hybridized carbons (Fsp3) is 0.278. The molecule has 1 saturated carbocycles. The number of nitrogens with one attached hydrogen (secondary N) is 2. The number of halogens is 1. The molecule has 2 aliphatic rings. The molecule has 3 N–H and O–H groups in total. The molecular formula is C18H17FN2O2. The Bertz CT molecular complexity index is 724. The third kappa shape index (κ3) is 3.99. The average molecular weight is 312 g/mol. The molecule has 1 amide bonds. The molecule has 1 heterocycles. The van der Waals surface area contributed by atoms with E-state index in [1.54, 1.807) is 30.5 Å². The Morgan fingerprint density at radius 2 is 2.17 bits per heavy atom. The minimum atomic E-state index is -0.438. The van der Waals surface area contributed by atoms with E-state index in [1.807, 2.05) is 0 Å². The van der Waals surface area contributed by atoms with Gasteiger partial charge in [0.05, 0.1) is 6.10 Å². The molecule has 3 rings (SSSR count). The zero-order valence-corrected chi connectivity index (χ0v) is 12.4. The lowest BCUT2D eigenvalue weighted by atomic mass is 9.89. The van der Waals surface area contributed by atoms with Crippen LogP contribution in [0.1, 0.15) is 18.4 Å². The van der Waals surface area contributed by atoms with Crippen LogP contribution in [0.3, 0.4) is 0 Å². The van der Waals surface area contributed by atoms with Gasteiger partial charge in [0.2, 0.25) is 5.91 Å². The summed E-state index contributed by atoms with van der Waals surface area (Å²) in [7, 11) is 0. The first-order valence-electron chi connectivity index (χ1n) is 7.50. The van der Waals surface area contributed by atoms with Gasteiger partial charge in [0.25, 0.3) is 0 Å². The summed E-state index contributed by atoms with van der Waals surface area (Å²) in [5.74, 6) is 5.36. The fourth-order valence-corrected chi connectivity index (χ4v) is 2.43. The van der Waals surface area contributed by atoms with E-state index in [1.165, 1.54) is 12.1 Å². The molecule has 0 spiro atoms. The van der Waals surface area contributed by atoms with E-state index in [0.717, 1.165) is 5.57 Å². The molecule has 0 saturated heterocycles. The van der Waals surface area contributed by atoms with Gasteiger partial charge in [0.15, 0.2) is 0 Å². The number of carbonyl (C=O) groups is 1. The van der Waals surface area contributed by atoms with Crippen molar-refractivity contribution in [2.75, 3.05) is 0 Å². The molecule has 4 nitrogen and oxygen atoms in total. The normalized spacial score (nSPS) is 25.3. The maximum Gasteiger partial charge on any atom is 0.246 e. The van der Waals surface area contributed by atoms with Crippen LogP contribution in [0.4, 0.5) is 4.39 Å². The molecule has 118 valence electrons. The zero-order valence-electron chi connectivity index (χ0n) is 12.4. The van der Waals surface area contributed by atoms with Crippen LogP contribution in [-0.2, 0) is 4.79 Å². The number of allylic oxidation sites excluding steroid dienone is 2. The molecule has 0 radical (unpaired) electrons. The van der Waals surface area contributed by atoms with Crippen LogP contribution in [0.2, 0.25) is 0 Å². The second kappa shape index (κ2) is 6.67. The summed E-state index contributed by atoms with van der Waals surface area (Å²) in [6, 6.07) is 5.71. The van der Waals surface area contributed by atoms with E-state index in [9.17, 15) is 14.3 Å². The average Bonchev–Trinajstić information content (AvgIpc) is 2.52. The summed E-state index contributed by atoms with van der Waals surface area (Å²) in [5.41, 5.74) is 1.32. The molecule has 1 unspecified atom stereocenters. The minimum Gasteiger partial charge on any atom is -0.393 e. The highest BCUT2D eigenvalue weighted by atomic mass is 19.1. The minimum absolute atomic E-state index is 0.0610. The molecular weight excluding hydrogens is 295 g/mol. The largest absolute Gasteiger partial charge is 0.393 e. The fourth-order valence-electron chi connectivity index (χ4n) is 2.43. The predicted octanol–water partition coefficient (Wildman–Crippen LogP) is 1.23. The molecule has 0 bridgehead atoms. The number of dihydropyridines is 1. The van der Waals surface area contributed by atoms with Crippen molar-refractivity contribution in [2.45, 2.75) is 31.0 Å². The molecule has 5 heteroatoms. The molecule has 1 aromatic carbocycles. The van der Waals surface area contributed by atoms with Gasteiger partial charge >= 0.3 is 0 Å². The smallest absolute Gasteiger partial charge is 0.246 e. The molecule has 1 fully saturated rings. The van der Waals surface area contributed by atoms with Gasteiger partial charge in [-0.25, -0.2) is 4.39 Å². The second-order valence-corrected chi connectivity index (χ2v) is 5.69. The van der Waals surface area contributed by atoms with E-state index in [4.69, 9.17) is 0 Å². The first-order chi connectivity index (χ1) is 11.1. The van der Waals surface area contributed by atoms with Crippen molar-refractivity contribution in [1.82, 2.24) is 10.6 Å². The Kier molecular flexibility index (Phi) is 4.45. The van der Waals surface area contributed by atoms with E-state index in [2.05, 4.69) is 22.5 Å². The number of carbonyl (C=O) groups excluding carboxylic acids is 1. The van der Waals surface area contributed by atoms with Crippen LogP contribution < -0.4 is 10.6 Å². The highest BCUT2D eigenvalue weighted by Crippen LogP contribution is 2.19. The highest BCUT2D eigenvalue weighted by molar-refractivity contribution is 5.84. The molecule has 1 aliphatic heterocycles. The van der Waals surface area contributed by atoms with Crippen LogP contribution >= 0.6 is 0 Å². The summed E-state index contributed by atoms with van der Waals surface area (Å²) in [4.78, 5) is 12.0. The van der Waals surface area contributed by atoms with E-state index < -0.39 is 6.04 Å². The van der Waals surface area contributed by atoms with Gasteiger partial charge in [0, 0.05) is 23.4 Å². The predicted molar refractivity (Wildman–Crippen MR) is 84.6 cm³/mol. The highest BCUT2D eigenvalue weighted by Gasteiger charge is 2.30. The summed E-state index contributed by atoms with van der Waals surface area (Å²) in [5, 5.41) is 15.1. The van der Waals surface area contributed by atoms with Crippen LogP contribution in [0, 0.1) is 17.7 Å². The quantitative estimate of drug-likeness (QED) is 0.720. The molecule has 1 atom stereocenters. The number of hydrogen-bond donors (Lipinski definition) is 3.